The molecule has 0 spiro atoms. The van der Waals surface area contributed by atoms with Gasteiger partial charge in [0.25, 0.3) is 0 Å². The molecule has 128 valence electrons. The second-order valence-electron chi connectivity index (χ2n) is 7.00. The highest BCUT2D eigenvalue weighted by atomic mass is 16.7. The van der Waals surface area contributed by atoms with Gasteiger partial charge in [0.15, 0.2) is 0 Å². The normalized spacial score (nSPS) is 18.6. The van der Waals surface area contributed by atoms with E-state index in [0.29, 0.717) is 24.6 Å². The first-order chi connectivity index (χ1) is 11.4. The van der Waals surface area contributed by atoms with Crippen LogP contribution in [0.2, 0.25) is 0 Å². The number of nitrogens with zero attached hydrogens (tertiary/aromatic N) is 1. The molecule has 1 aromatic carbocycles. The molecular weight excluding hydrogens is 304 g/mol. The first-order valence-electron chi connectivity index (χ1n) is 8.18. The summed E-state index contributed by atoms with van der Waals surface area (Å²) in [6, 6.07) is 13.5. The second kappa shape index (κ2) is 6.89. The molecule has 2 heterocycles. The van der Waals surface area contributed by atoms with Gasteiger partial charge in [-0.2, -0.15) is 0 Å². The maximum Gasteiger partial charge on any atom is 0.227 e. The SMILES string of the molecule is CC(C)(C)NC[C@H](O)c1ccc2c(n1)CO[C@@H](c1ccccc1)O2. The smallest absolute Gasteiger partial charge is 0.227 e. The van der Waals surface area contributed by atoms with Crippen LogP contribution < -0.4 is 10.1 Å². The zero-order valence-corrected chi connectivity index (χ0v) is 14.3. The van der Waals surface area contributed by atoms with Crippen molar-refractivity contribution in [2.45, 2.75) is 45.3 Å². The second-order valence-corrected chi connectivity index (χ2v) is 7.00. The van der Waals surface area contributed by atoms with Crippen LogP contribution >= 0.6 is 0 Å². The Morgan fingerprint density at radius 3 is 2.67 bits per heavy atom. The number of aromatic nitrogens is 1. The largest absolute Gasteiger partial charge is 0.459 e. The van der Waals surface area contributed by atoms with Crippen molar-refractivity contribution in [1.29, 1.82) is 0 Å². The summed E-state index contributed by atoms with van der Waals surface area (Å²) in [5.41, 5.74) is 2.26. The van der Waals surface area contributed by atoms with Crippen molar-refractivity contribution in [2.75, 3.05) is 6.54 Å². The van der Waals surface area contributed by atoms with Crippen LogP contribution in [0.25, 0.3) is 0 Å². The number of β-amino-alcohol motifs (C(OH)–C–C–N with tert-alkyl or cyclic N) is 1. The Labute approximate surface area is 142 Å². The molecule has 24 heavy (non-hydrogen) atoms. The van der Waals surface area contributed by atoms with Crippen LogP contribution in [0.4, 0.5) is 0 Å². The lowest BCUT2D eigenvalue weighted by molar-refractivity contribution is -0.113. The molecule has 5 heteroatoms. The van der Waals surface area contributed by atoms with E-state index in [9.17, 15) is 5.11 Å². The van der Waals surface area contributed by atoms with Crippen LogP contribution in [0.15, 0.2) is 42.5 Å². The van der Waals surface area contributed by atoms with Crippen LogP contribution in [-0.4, -0.2) is 22.2 Å². The first kappa shape index (κ1) is 16.9. The van der Waals surface area contributed by atoms with E-state index in [1.165, 1.54) is 0 Å². The molecule has 2 atom stereocenters. The van der Waals surface area contributed by atoms with Gasteiger partial charge in [0.1, 0.15) is 17.5 Å². The van der Waals surface area contributed by atoms with Crippen molar-refractivity contribution >= 4 is 0 Å². The number of ether oxygens (including phenoxy) is 2. The van der Waals surface area contributed by atoms with Crippen LogP contribution in [0.5, 0.6) is 5.75 Å². The van der Waals surface area contributed by atoms with Gasteiger partial charge in [0, 0.05) is 17.6 Å². The zero-order chi connectivity index (χ0) is 17.2. The summed E-state index contributed by atoms with van der Waals surface area (Å²) in [6.45, 7) is 6.99. The van der Waals surface area contributed by atoms with E-state index in [2.05, 4.69) is 31.1 Å². The fourth-order valence-electron chi connectivity index (χ4n) is 2.49. The first-order valence-corrected chi connectivity index (χ1v) is 8.18. The standard InChI is InChI=1S/C19H24N2O3/c1-19(2,3)20-11-16(22)14-9-10-17-15(21-14)12-23-18(24-17)13-7-5-4-6-8-13/h4-10,16,18,20,22H,11-12H2,1-3H3/t16-,18+/m0/s1. The molecule has 3 rings (SSSR count). The third-order valence-corrected chi connectivity index (χ3v) is 3.80. The highest BCUT2D eigenvalue weighted by Crippen LogP contribution is 2.32. The van der Waals surface area contributed by atoms with Crippen LogP contribution in [0.1, 0.15) is 50.1 Å². The van der Waals surface area contributed by atoms with Crippen molar-refractivity contribution < 1.29 is 14.6 Å². The molecule has 0 saturated heterocycles. The number of benzene rings is 1. The molecular formula is C19H24N2O3. The van der Waals surface area contributed by atoms with Gasteiger partial charge >= 0.3 is 0 Å². The van der Waals surface area contributed by atoms with E-state index in [0.717, 1.165) is 11.3 Å². The van der Waals surface area contributed by atoms with E-state index in [-0.39, 0.29) is 5.54 Å². The van der Waals surface area contributed by atoms with Crippen LogP contribution in [-0.2, 0) is 11.3 Å². The predicted octanol–water partition coefficient (Wildman–Crippen LogP) is 3.11. The molecule has 1 aromatic heterocycles. The fourth-order valence-corrected chi connectivity index (χ4v) is 2.49. The third kappa shape index (κ3) is 4.12. The fraction of sp³-hybridized carbons (Fsp3) is 0.421. The number of aliphatic hydroxyl groups is 1. The number of hydrogen-bond acceptors (Lipinski definition) is 5. The van der Waals surface area contributed by atoms with Crippen molar-refractivity contribution in [1.82, 2.24) is 10.3 Å². The molecule has 0 saturated carbocycles. The Kier molecular flexibility index (Phi) is 4.85. The highest BCUT2D eigenvalue weighted by Gasteiger charge is 2.24. The zero-order valence-electron chi connectivity index (χ0n) is 14.3. The lowest BCUT2D eigenvalue weighted by atomic mass is 10.1. The molecule has 0 radical (unpaired) electrons. The summed E-state index contributed by atoms with van der Waals surface area (Å²) >= 11 is 0. The predicted molar refractivity (Wildman–Crippen MR) is 91.6 cm³/mol. The van der Waals surface area contributed by atoms with E-state index in [1.807, 2.05) is 36.4 Å². The highest BCUT2D eigenvalue weighted by molar-refractivity contribution is 5.32. The summed E-state index contributed by atoms with van der Waals surface area (Å²) < 4.78 is 11.6. The van der Waals surface area contributed by atoms with Gasteiger partial charge in [-0.1, -0.05) is 30.3 Å². The number of rotatable bonds is 4. The molecule has 1 aliphatic rings. The Morgan fingerprint density at radius 2 is 1.96 bits per heavy atom. The van der Waals surface area contributed by atoms with Gasteiger partial charge in [-0.25, -0.2) is 4.98 Å². The summed E-state index contributed by atoms with van der Waals surface area (Å²) in [4.78, 5) is 4.50. The molecule has 0 fully saturated rings. The minimum Gasteiger partial charge on any atom is -0.459 e. The van der Waals surface area contributed by atoms with Gasteiger partial charge in [-0.15, -0.1) is 0 Å². The Hall–Kier alpha value is -1.95. The lowest BCUT2D eigenvalue weighted by Gasteiger charge is -2.27. The van der Waals surface area contributed by atoms with Crippen molar-refractivity contribution in [3.05, 3.63) is 59.4 Å². The minimum atomic E-state index is -0.665. The average Bonchev–Trinajstić information content (AvgIpc) is 2.59. The van der Waals surface area contributed by atoms with Crippen molar-refractivity contribution in [3.8, 4) is 5.75 Å². The minimum absolute atomic E-state index is 0.0513. The number of hydrogen-bond donors (Lipinski definition) is 2. The quantitative estimate of drug-likeness (QED) is 0.903. The van der Waals surface area contributed by atoms with Gasteiger partial charge < -0.3 is 19.9 Å². The Balaban J connectivity index is 1.70. The number of fused-ring (bicyclic) bond motifs is 1. The maximum absolute atomic E-state index is 10.3. The number of pyridine rings is 1. The summed E-state index contributed by atoms with van der Waals surface area (Å²) in [7, 11) is 0. The van der Waals surface area contributed by atoms with Crippen molar-refractivity contribution in [2.24, 2.45) is 0 Å². The van der Waals surface area contributed by atoms with Gasteiger partial charge in [0.2, 0.25) is 6.29 Å². The summed E-state index contributed by atoms with van der Waals surface area (Å²) in [6.07, 6.45) is -1.08. The molecule has 0 aliphatic carbocycles. The van der Waals surface area contributed by atoms with Crippen LogP contribution in [0.3, 0.4) is 0 Å². The number of nitrogens with one attached hydrogen (secondary N) is 1. The molecule has 1 aliphatic heterocycles. The molecule has 2 N–H and O–H groups in total. The monoisotopic (exact) mass is 328 g/mol. The maximum atomic E-state index is 10.3. The van der Waals surface area contributed by atoms with Gasteiger partial charge in [-0.05, 0) is 32.9 Å². The summed E-state index contributed by atoms with van der Waals surface area (Å²) in [5.74, 6) is 0.704. The van der Waals surface area contributed by atoms with E-state index >= 15 is 0 Å². The molecule has 0 unspecified atom stereocenters. The lowest BCUT2D eigenvalue weighted by Crippen LogP contribution is -2.38. The van der Waals surface area contributed by atoms with Crippen molar-refractivity contribution in [3.63, 3.8) is 0 Å². The van der Waals surface area contributed by atoms with E-state index in [4.69, 9.17) is 9.47 Å². The number of aliphatic hydroxyl groups excluding tert-OH is 1. The van der Waals surface area contributed by atoms with Crippen LogP contribution in [0, 0.1) is 0 Å². The van der Waals surface area contributed by atoms with Gasteiger partial charge in [0.05, 0.1) is 12.3 Å². The Morgan fingerprint density at radius 1 is 1.21 bits per heavy atom. The Bertz CT molecular complexity index is 683. The average molecular weight is 328 g/mol. The molecule has 2 aromatic rings. The molecule has 5 nitrogen and oxygen atoms in total. The van der Waals surface area contributed by atoms with Gasteiger partial charge in [-0.3, -0.25) is 0 Å². The van der Waals surface area contributed by atoms with E-state index < -0.39 is 12.4 Å². The molecule has 0 amide bonds. The summed E-state index contributed by atoms with van der Waals surface area (Å²) in [5, 5.41) is 13.6. The molecule has 0 bridgehead atoms. The topological polar surface area (TPSA) is 63.6 Å². The third-order valence-electron chi connectivity index (χ3n) is 3.80. The van der Waals surface area contributed by atoms with E-state index in [1.54, 1.807) is 6.07 Å².